The molecule has 0 saturated carbocycles. The maximum atomic E-state index is 9.63. The van der Waals surface area contributed by atoms with E-state index in [0.29, 0.717) is 13.2 Å². The summed E-state index contributed by atoms with van der Waals surface area (Å²) in [6.45, 7) is 46.5. The first-order valence-corrected chi connectivity index (χ1v) is 26.6. The molecule has 28 heteroatoms. The van der Waals surface area contributed by atoms with E-state index in [-0.39, 0.29) is 159 Å². The summed E-state index contributed by atoms with van der Waals surface area (Å²) in [6.07, 6.45) is 0. The molecule has 0 fully saturated rings. The van der Waals surface area contributed by atoms with E-state index in [2.05, 4.69) is 9.47 Å². The molecule has 0 amide bonds. The third-order valence-electron chi connectivity index (χ3n) is 0.859. The zero-order valence-electron chi connectivity index (χ0n) is 55.8. The van der Waals surface area contributed by atoms with Crippen molar-refractivity contribution in [1.82, 2.24) is 0 Å². The van der Waals surface area contributed by atoms with Gasteiger partial charge >= 0.3 is 11.9 Å². The van der Waals surface area contributed by atoms with Crippen LogP contribution >= 0.6 is 0 Å². The minimum Gasteiger partial charge on any atom is -0.480 e. The van der Waals surface area contributed by atoms with Gasteiger partial charge in [0.2, 0.25) is 0 Å². The summed E-state index contributed by atoms with van der Waals surface area (Å²) in [5.41, 5.74) is 0. The van der Waals surface area contributed by atoms with Crippen LogP contribution < -0.4 is 0 Å². The van der Waals surface area contributed by atoms with Crippen molar-refractivity contribution in [3.05, 3.63) is 0 Å². The topological polar surface area (TPSA) is 538 Å². The maximum absolute atomic E-state index is 9.63. The predicted molar refractivity (Wildman–Crippen MR) is 329 cm³/mol. The third-order valence-corrected chi connectivity index (χ3v) is 0.859. The normalized spacial score (nSPS) is 6.47. The molecule has 0 bridgehead atoms. The molecule has 28 nitrogen and oxygen atoms in total. The van der Waals surface area contributed by atoms with Gasteiger partial charge in [0, 0.05) is 159 Å². The van der Waals surface area contributed by atoms with Crippen LogP contribution in [0.15, 0.2) is 0 Å². The molecule has 0 aromatic carbocycles. The molecule has 24 N–H and O–H groups in total. The van der Waals surface area contributed by atoms with Crippen LogP contribution in [0.2, 0.25) is 0 Å². The van der Waals surface area contributed by atoms with Crippen molar-refractivity contribution < 1.29 is 142 Å². The molecule has 0 aliphatic heterocycles. The number of carbonyl (C=O) groups is 2. The summed E-state index contributed by atoms with van der Waals surface area (Å²) in [6, 6.07) is 0. The van der Waals surface area contributed by atoms with Gasteiger partial charge in [0.25, 0.3) is 0 Å². The fraction of sp³-hybridized carbons (Fsp3) is 0.962. The second-order valence-corrected chi connectivity index (χ2v) is 9.02. The summed E-state index contributed by atoms with van der Waals surface area (Å²) in [7, 11) is 0. The zero-order valence-corrected chi connectivity index (χ0v) is 55.8. The Balaban J connectivity index is -0.0000000187. The lowest BCUT2D eigenvalue weighted by atomic mass is 10.7. The lowest BCUT2D eigenvalue weighted by molar-refractivity contribution is -0.142. The number of aliphatic hydroxyl groups excluding tert-OH is 22. The van der Waals surface area contributed by atoms with E-state index < -0.39 is 11.9 Å². The number of aliphatic hydroxyl groups is 22. The van der Waals surface area contributed by atoms with E-state index in [1.54, 1.807) is 166 Å². The number of aliphatic carboxylic acids is 2. The fourth-order valence-electron chi connectivity index (χ4n) is 0.379. The number of carboxylic acids is 2. The highest BCUT2D eigenvalue weighted by atomic mass is 16.5. The highest BCUT2D eigenvalue weighted by molar-refractivity contribution is 5.68. The van der Waals surface area contributed by atoms with Crippen LogP contribution in [-0.4, -0.2) is 306 Å². The first-order valence-electron chi connectivity index (χ1n) is 26.6. The fourth-order valence-corrected chi connectivity index (χ4v) is 0.379. The molecule has 0 rings (SSSR count). The monoisotopic (exact) mass is 1220 g/mol. The molecule has 0 aromatic rings. The maximum Gasteiger partial charge on any atom is 0.329 e. The Labute approximate surface area is 490 Å². The van der Waals surface area contributed by atoms with Crippen molar-refractivity contribution >= 4 is 11.9 Å². The van der Waals surface area contributed by atoms with Gasteiger partial charge in [-0.15, -0.1) is 0 Å². The minimum absolute atomic E-state index is 0.184. The van der Waals surface area contributed by atoms with Gasteiger partial charge in [-0.2, -0.15) is 0 Å². The van der Waals surface area contributed by atoms with Crippen molar-refractivity contribution in [3.63, 3.8) is 0 Å². The number of rotatable bonds is 6. The van der Waals surface area contributed by atoms with Crippen molar-refractivity contribution in [2.24, 2.45) is 0 Å². The van der Waals surface area contributed by atoms with Gasteiger partial charge in [0.1, 0.15) is 13.2 Å². The molecule has 0 spiro atoms. The van der Waals surface area contributed by atoms with Crippen LogP contribution in [0.3, 0.4) is 0 Å². The number of hydrogen-bond donors (Lipinski definition) is 24. The Kier molecular flexibility index (Phi) is 861. The lowest BCUT2D eigenvalue weighted by Crippen LogP contribution is -2.05. The Morgan fingerprint density at radius 3 is 0.250 bits per heavy atom. The molecule has 0 aromatic heterocycles. The average molecular weight is 1220 g/mol. The summed E-state index contributed by atoms with van der Waals surface area (Å²) >= 11 is 0. The van der Waals surface area contributed by atoms with Gasteiger partial charge in [-0.25, -0.2) is 9.59 Å². The van der Waals surface area contributed by atoms with Crippen LogP contribution in [0.1, 0.15) is 166 Å². The van der Waals surface area contributed by atoms with Crippen molar-refractivity contribution in [1.29, 1.82) is 0 Å². The quantitative estimate of drug-likeness (QED) is 0.169. The molecule has 80 heavy (non-hydrogen) atoms. The SMILES string of the molecule is CCO.CCO.CCO.CCO.CCO.CCO.CCO.CCO.CCO.CCO.CCO.CCO.CCO.CCO.CCO.CCO.CCO.CCO.CCO.CCO.CCO.CCO.CCOCC(=O)O.CCOCC(=O)O. The standard InChI is InChI=1S/2C4H8O3.22C2H6O/c2*1-2-7-3-4(5)6;22*1-2-3/h2*2-3H2,1H3,(H,5,6);22*3H,2H2,1H3. The average Bonchev–Trinajstić information content (AvgIpc) is 3.34. The van der Waals surface area contributed by atoms with E-state index >= 15 is 0 Å². The first-order chi connectivity index (χ1) is 37.7. The van der Waals surface area contributed by atoms with E-state index in [4.69, 9.17) is 123 Å². The lowest BCUT2D eigenvalue weighted by Gasteiger charge is -1.90. The minimum atomic E-state index is -0.915. The molecule has 0 radical (unpaired) electrons. The second-order valence-electron chi connectivity index (χ2n) is 9.02. The Hall–Kier alpha value is -2.02. The first kappa shape index (κ1) is 159. The zero-order chi connectivity index (χ0) is 71.0. The smallest absolute Gasteiger partial charge is 0.329 e. The van der Waals surface area contributed by atoms with Crippen LogP contribution in [0, 0.1) is 0 Å². The largest absolute Gasteiger partial charge is 0.480 e. The highest BCUT2D eigenvalue weighted by Gasteiger charge is 1.91. The molecule has 0 aliphatic carbocycles. The van der Waals surface area contributed by atoms with Crippen LogP contribution in [0.4, 0.5) is 0 Å². The molecule has 0 saturated heterocycles. The van der Waals surface area contributed by atoms with Crippen LogP contribution in [-0.2, 0) is 19.1 Å². The van der Waals surface area contributed by atoms with Crippen molar-refractivity contribution in [3.8, 4) is 0 Å². The Bertz CT molecular complexity index is 376. The molecule has 0 atom stereocenters. The van der Waals surface area contributed by atoms with Crippen molar-refractivity contribution in [2.45, 2.75) is 166 Å². The highest BCUT2D eigenvalue weighted by Crippen LogP contribution is 1.70. The van der Waals surface area contributed by atoms with E-state index in [1.165, 1.54) is 0 Å². The van der Waals surface area contributed by atoms with Gasteiger partial charge in [-0.3, -0.25) is 0 Å². The second kappa shape index (κ2) is 435. The number of ether oxygens (including phenoxy) is 2. The van der Waals surface area contributed by atoms with E-state index in [1.807, 2.05) is 0 Å². The molecule has 0 aliphatic rings. The van der Waals surface area contributed by atoms with Crippen LogP contribution in [0.5, 0.6) is 0 Å². The number of hydrogen-bond acceptors (Lipinski definition) is 26. The summed E-state index contributed by atoms with van der Waals surface area (Å²) in [4.78, 5) is 19.3. The molecule has 524 valence electrons. The number of carboxylic acid groups (broad SMARTS) is 2. The summed E-state index contributed by atoms with van der Waals surface area (Å²) in [5.74, 6) is -1.83. The van der Waals surface area contributed by atoms with Crippen LogP contribution in [0.25, 0.3) is 0 Å². The Morgan fingerprint density at radius 1 is 0.188 bits per heavy atom. The van der Waals surface area contributed by atoms with Gasteiger partial charge < -0.3 is 132 Å². The third kappa shape index (κ3) is 11900. The van der Waals surface area contributed by atoms with Gasteiger partial charge in [0.15, 0.2) is 0 Å². The molecular formula is C52H148O28. The van der Waals surface area contributed by atoms with Crippen molar-refractivity contribution in [2.75, 3.05) is 172 Å². The molecule has 0 unspecified atom stereocenters. The van der Waals surface area contributed by atoms with Gasteiger partial charge in [-0.05, 0) is 166 Å². The van der Waals surface area contributed by atoms with Gasteiger partial charge in [0.05, 0.1) is 0 Å². The predicted octanol–water partition coefficient (Wildman–Crippen LogP) is 0.184. The molecule has 0 heterocycles. The van der Waals surface area contributed by atoms with E-state index in [0.717, 1.165) is 0 Å². The van der Waals surface area contributed by atoms with Gasteiger partial charge in [-0.1, -0.05) is 0 Å². The summed E-state index contributed by atoms with van der Waals surface area (Å²) < 4.78 is 8.99. The summed E-state index contributed by atoms with van der Waals surface area (Å²) in [5, 5.41) is 182. The van der Waals surface area contributed by atoms with E-state index in [9.17, 15) is 9.59 Å². The molecular weight excluding hydrogens is 1070 g/mol. The Morgan fingerprint density at radius 2 is 0.237 bits per heavy atom.